The highest BCUT2D eigenvalue weighted by Gasteiger charge is 2.23. The summed E-state index contributed by atoms with van der Waals surface area (Å²) in [6, 6.07) is 3.58. The molecule has 0 fully saturated rings. The Balaban J connectivity index is 0.0000137. The maximum absolute atomic E-state index is 12.4. The van der Waals surface area contributed by atoms with Crippen molar-refractivity contribution in [3.63, 3.8) is 0 Å². The van der Waals surface area contributed by atoms with Crippen molar-refractivity contribution in [2.45, 2.75) is 65.5 Å². The molecule has 13 heteroatoms. The summed E-state index contributed by atoms with van der Waals surface area (Å²) in [7, 11) is 1.25. The Kier molecular flexibility index (Phi) is 18.1. The molecular formula is C25H38ClNO11. The normalized spacial score (nSPS) is 11.7. The lowest BCUT2D eigenvalue weighted by Crippen LogP contribution is -2.43. The van der Waals surface area contributed by atoms with Crippen molar-refractivity contribution in [1.29, 1.82) is 0 Å². The summed E-state index contributed by atoms with van der Waals surface area (Å²) in [6.45, 7) is 7.51. The zero-order valence-corrected chi connectivity index (χ0v) is 23.3. The molecule has 0 spiro atoms. The lowest BCUT2D eigenvalue weighted by atomic mass is 10.0. The molecule has 1 unspecified atom stereocenters. The standard InChI is InChI=1S/C25H37NO11.ClH/c1-6-9-10-13-34-25(30)35-17(4)16-26-19(22(27)31-5)14-18-11-12-20(36-23(28)32-7-2)21(15-18)37-24(29)33-8-3;/h11-12,15,17,19,26H,6-10,13-14,16H2,1-5H3;1H/t17?,19-;/m0./s1. The van der Waals surface area contributed by atoms with E-state index in [-0.39, 0.29) is 56.7 Å². The minimum Gasteiger partial charge on any atom is -0.468 e. The molecular weight excluding hydrogens is 526 g/mol. The zero-order chi connectivity index (χ0) is 27.6. The van der Waals surface area contributed by atoms with Crippen molar-refractivity contribution in [2.24, 2.45) is 0 Å². The number of esters is 1. The van der Waals surface area contributed by atoms with E-state index < -0.39 is 36.6 Å². The molecule has 0 amide bonds. The van der Waals surface area contributed by atoms with Crippen molar-refractivity contribution >= 4 is 36.8 Å². The van der Waals surface area contributed by atoms with Crippen molar-refractivity contribution < 1.29 is 52.3 Å². The lowest BCUT2D eigenvalue weighted by molar-refractivity contribution is -0.143. The number of unbranched alkanes of at least 4 members (excludes halogenated alkanes) is 2. The first kappa shape index (κ1) is 34.8. The first-order chi connectivity index (χ1) is 17.7. The SMILES string of the molecule is CCCCCOC(=O)OC(C)CN[C@@H](Cc1ccc(OC(=O)OCC)c(OC(=O)OCC)c1)C(=O)OC.Cl. The van der Waals surface area contributed by atoms with Gasteiger partial charge < -0.3 is 38.5 Å². The number of halogens is 1. The molecule has 0 aliphatic carbocycles. The second kappa shape index (κ2) is 19.8. The van der Waals surface area contributed by atoms with Gasteiger partial charge in [-0.05, 0) is 51.3 Å². The molecule has 2 atom stereocenters. The van der Waals surface area contributed by atoms with Crippen LogP contribution in [0.1, 0.15) is 52.5 Å². The molecule has 38 heavy (non-hydrogen) atoms. The zero-order valence-electron chi connectivity index (χ0n) is 22.4. The Morgan fingerprint density at radius 3 is 2.08 bits per heavy atom. The van der Waals surface area contributed by atoms with E-state index in [1.54, 1.807) is 26.8 Å². The summed E-state index contributed by atoms with van der Waals surface area (Å²) < 4.78 is 34.9. The topological polar surface area (TPSA) is 145 Å². The van der Waals surface area contributed by atoms with Gasteiger partial charge in [-0.1, -0.05) is 25.8 Å². The van der Waals surface area contributed by atoms with Crippen LogP contribution in [-0.4, -0.2) is 70.1 Å². The Hall–Kier alpha value is -3.25. The summed E-state index contributed by atoms with van der Waals surface area (Å²) in [5.74, 6) is -0.735. The van der Waals surface area contributed by atoms with E-state index in [0.29, 0.717) is 5.56 Å². The maximum Gasteiger partial charge on any atom is 0.513 e. The Bertz CT molecular complexity index is 881. The van der Waals surface area contributed by atoms with Crippen molar-refractivity contribution in [3.05, 3.63) is 23.8 Å². The summed E-state index contributed by atoms with van der Waals surface area (Å²) in [6.07, 6.45) is -0.515. The van der Waals surface area contributed by atoms with E-state index in [2.05, 4.69) is 5.32 Å². The number of hydrogen-bond acceptors (Lipinski definition) is 12. The maximum atomic E-state index is 12.4. The largest absolute Gasteiger partial charge is 0.513 e. The third-order valence-corrected chi connectivity index (χ3v) is 4.76. The van der Waals surface area contributed by atoms with E-state index in [4.69, 9.17) is 33.2 Å². The van der Waals surface area contributed by atoms with Crippen LogP contribution in [0.15, 0.2) is 18.2 Å². The molecule has 0 heterocycles. The highest BCUT2D eigenvalue weighted by atomic mass is 35.5. The fourth-order valence-corrected chi connectivity index (χ4v) is 2.99. The van der Waals surface area contributed by atoms with E-state index in [1.807, 2.05) is 6.92 Å². The van der Waals surface area contributed by atoms with Crippen LogP contribution >= 0.6 is 12.4 Å². The number of nitrogens with one attached hydrogen (secondary N) is 1. The van der Waals surface area contributed by atoms with E-state index in [1.165, 1.54) is 19.2 Å². The predicted molar refractivity (Wildman–Crippen MR) is 138 cm³/mol. The minimum atomic E-state index is -0.997. The second-order valence-electron chi connectivity index (χ2n) is 7.77. The van der Waals surface area contributed by atoms with Crippen LogP contribution in [0, 0.1) is 0 Å². The van der Waals surface area contributed by atoms with E-state index in [9.17, 15) is 19.2 Å². The number of hydrogen-bond donors (Lipinski definition) is 1. The number of carbonyl (C=O) groups is 4. The lowest BCUT2D eigenvalue weighted by Gasteiger charge is -2.20. The molecule has 0 aromatic heterocycles. The van der Waals surface area contributed by atoms with Crippen LogP contribution in [0.3, 0.4) is 0 Å². The smallest absolute Gasteiger partial charge is 0.468 e. The third-order valence-electron chi connectivity index (χ3n) is 4.76. The second-order valence-corrected chi connectivity index (χ2v) is 7.77. The van der Waals surface area contributed by atoms with E-state index in [0.717, 1.165) is 19.3 Å². The molecule has 0 saturated heterocycles. The van der Waals surface area contributed by atoms with Gasteiger partial charge >= 0.3 is 24.4 Å². The van der Waals surface area contributed by atoms with Gasteiger partial charge in [0.1, 0.15) is 12.1 Å². The molecule has 1 aromatic rings. The first-order valence-electron chi connectivity index (χ1n) is 12.2. The number of benzene rings is 1. The Morgan fingerprint density at radius 1 is 0.868 bits per heavy atom. The number of ether oxygens (including phenoxy) is 7. The fourth-order valence-electron chi connectivity index (χ4n) is 2.99. The van der Waals surface area contributed by atoms with Gasteiger partial charge in [-0.3, -0.25) is 4.79 Å². The molecule has 0 radical (unpaired) electrons. The molecule has 12 nitrogen and oxygen atoms in total. The van der Waals surface area contributed by atoms with Crippen molar-refractivity contribution in [1.82, 2.24) is 5.32 Å². The fraction of sp³-hybridized carbons (Fsp3) is 0.600. The third kappa shape index (κ3) is 13.9. The van der Waals surface area contributed by atoms with Gasteiger partial charge in [0.15, 0.2) is 11.5 Å². The molecule has 216 valence electrons. The quantitative estimate of drug-likeness (QED) is 0.138. The van der Waals surface area contributed by atoms with Crippen molar-refractivity contribution in [3.8, 4) is 11.5 Å². The molecule has 1 N–H and O–H groups in total. The van der Waals surface area contributed by atoms with Gasteiger partial charge in [0.2, 0.25) is 0 Å². The number of rotatable bonds is 15. The molecule has 0 aliphatic rings. The van der Waals surface area contributed by atoms with Gasteiger partial charge in [0.05, 0.1) is 26.9 Å². The Labute approximate surface area is 229 Å². The molecule has 1 aromatic carbocycles. The van der Waals surface area contributed by atoms with Gasteiger partial charge in [0, 0.05) is 6.54 Å². The van der Waals surface area contributed by atoms with Gasteiger partial charge in [0.25, 0.3) is 0 Å². The predicted octanol–water partition coefficient (Wildman–Crippen LogP) is 4.58. The Morgan fingerprint density at radius 2 is 1.50 bits per heavy atom. The number of methoxy groups -OCH3 is 1. The average Bonchev–Trinajstić information content (AvgIpc) is 2.85. The van der Waals surface area contributed by atoms with Crippen LogP contribution in [-0.2, 0) is 34.9 Å². The summed E-state index contributed by atoms with van der Waals surface area (Å²) in [5.41, 5.74) is 0.544. The minimum absolute atomic E-state index is 0. The summed E-state index contributed by atoms with van der Waals surface area (Å²) in [4.78, 5) is 47.8. The van der Waals surface area contributed by atoms with Crippen molar-refractivity contribution in [2.75, 3.05) is 33.5 Å². The average molecular weight is 564 g/mol. The van der Waals surface area contributed by atoms with E-state index >= 15 is 0 Å². The van der Waals surface area contributed by atoms with Gasteiger partial charge in [-0.25, -0.2) is 14.4 Å². The molecule has 0 aliphatic heterocycles. The monoisotopic (exact) mass is 563 g/mol. The van der Waals surface area contributed by atoms with Crippen LogP contribution in [0.5, 0.6) is 11.5 Å². The highest BCUT2D eigenvalue weighted by Crippen LogP contribution is 2.30. The van der Waals surface area contributed by atoms with Crippen LogP contribution < -0.4 is 14.8 Å². The van der Waals surface area contributed by atoms with Crippen LogP contribution in [0.25, 0.3) is 0 Å². The van der Waals surface area contributed by atoms with Crippen LogP contribution in [0.2, 0.25) is 0 Å². The summed E-state index contributed by atoms with van der Waals surface area (Å²) in [5, 5.41) is 3.00. The highest BCUT2D eigenvalue weighted by molar-refractivity contribution is 5.85. The molecule has 0 bridgehead atoms. The summed E-state index contributed by atoms with van der Waals surface area (Å²) >= 11 is 0. The van der Waals surface area contributed by atoms with Crippen LogP contribution in [0.4, 0.5) is 14.4 Å². The molecule has 0 saturated carbocycles. The van der Waals surface area contributed by atoms with Gasteiger partial charge in [-0.2, -0.15) is 0 Å². The van der Waals surface area contributed by atoms with Gasteiger partial charge in [-0.15, -0.1) is 12.4 Å². The number of carbonyl (C=O) groups excluding carboxylic acids is 4. The molecule has 1 rings (SSSR count). The first-order valence-corrected chi connectivity index (χ1v) is 12.2.